The number of nitrogens with two attached hydrogens (primary N) is 1. The summed E-state index contributed by atoms with van der Waals surface area (Å²) in [6, 6.07) is 4.95. The third-order valence-electron chi connectivity index (χ3n) is 2.75. The van der Waals surface area contributed by atoms with E-state index < -0.39 is 11.9 Å². The zero-order valence-electron chi connectivity index (χ0n) is 9.42. The van der Waals surface area contributed by atoms with Crippen molar-refractivity contribution >= 4 is 16.7 Å². The lowest BCUT2D eigenvalue weighted by atomic mass is 10.1. The zero-order chi connectivity index (χ0) is 13.6. The maximum absolute atomic E-state index is 12.5. The molecule has 8 heteroatoms. The zero-order valence-corrected chi connectivity index (χ0v) is 9.42. The number of nitrogen functional groups attached to an aromatic ring is 1. The number of nitrogens with one attached hydrogen (secondary N) is 2. The molecule has 0 spiro atoms. The lowest BCUT2D eigenvalue weighted by molar-refractivity contribution is -0.140. The highest BCUT2D eigenvalue weighted by molar-refractivity contribution is 5.91. The van der Waals surface area contributed by atoms with Gasteiger partial charge in [-0.05, 0) is 18.2 Å². The summed E-state index contributed by atoms with van der Waals surface area (Å²) in [4.78, 5) is 5.96. The Morgan fingerprint density at radius 3 is 2.68 bits per heavy atom. The average Bonchev–Trinajstić information content (AvgIpc) is 2.96. The number of aromatic amines is 2. The van der Waals surface area contributed by atoms with Gasteiger partial charge in [0.05, 0.1) is 11.7 Å². The first-order chi connectivity index (χ1) is 8.95. The van der Waals surface area contributed by atoms with Gasteiger partial charge in [0.1, 0.15) is 11.5 Å². The van der Waals surface area contributed by atoms with Crippen LogP contribution in [0, 0.1) is 0 Å². The van der Waals surface area contributed by atoms with Gasteiger partial charge in [-0.3, -0.25) is 5.10 Å². The van der Waals surface area contributed by atoms with E-state index >= 15 is 0 Å². The Kier molecular flexibility index (Phi) is 2.28. The van der Waals surface area contributed by atoms with Crippen LogP contribution in [0.3, 0.4) is 0 Å². The van der Waals surface area contributed by atoms with Crippen LogP contribution < -0.4 is 5.73 Å². The summed E-state index contributed by atoms with van der Waals surface area (Å²) in [6.07, 6.45) is -3.68. The molecule has 1 aromatic carbocycles. The first-order valence-electron chi connectivity index (χ1n) is 5.31. The van der Waals surface area contributed by atoms with E-state index in [4.69, 9.17) is 5.73 Å². The van der Waals surface area contributed by atoms with Gasteiger partial charge in [0, 0.05) is 10.9 Å². The van der Waals surface area contributed by atoms with Crippen LogP contribution in [-0.2, 0) is 6.18 Å². The van der Waals surface area contributed by atoms with Crippen molar-refractivity contribution in [3.05, 3.63) is 30.1 Å². The van der Waals surface area contributed by atoms with E-state index in [0.717, 1.165) is 6.20 Å². The molecule has 0 aliphatic heterocycles. The summed E-state index contributed by atoms with van der Waals surface area (Å²) < 4.78 is 37.4. The second-order valence-corrected chi connectivity index (χ2v) is 4.01. The molecule has 19 heavy (non-hydrogen) atoms. The van der Waals surface area contributed by atoms with Crippen LogP contribution in [-0.4, -0.2) is 20.2 Å². The van der Waals surface area contributed by atoms with E-state index in [1.807, 2.05) is 0 Å². The molecule has 0 fully saturated rings. The number of H-pyrrole nitrogens is 2. The minimum atomic E-state index is -4.44. The van der Waals surface area contributed by atoms with Crippen LogP contribution in [0.2, 0.25) is 0 Å². The van der Waals surface area contributed by atoms with Crippen molar-refractivity contribution in [2.75, 3.05) is 5.73 Å². The molecule has 2 heterocycles. The van der Waals surface area contributed by atoms with Crippen LogP contribution in [0.5, 0.6) is 0 Å². The second-order valence-electron chi connectivity index (χ2n) is 4.01. The number of nitrogens with zero attached hydrogens (tertiary/aromatic N) is 2. The van der Waals surface area contributed by atoms with Crippen molar-refractivity contribution in [1.29, 1.82) is 0 Å². The predicted molar refractivity (Wildman–Crippen MR) is 63.1 cm³/mol. The molecular weight excluding hydrogens is 259 g/mol. The van der Waals surface area contributed by atoms with Crippen LogP contribution in [0.4, 0.5) is 19.0 Å². The van der Waals surface area contributed by atoms with Crippen LogP contribution in [0.1, 0.15) is 5.69 Å². The molecule has 98 valence electrons. The number of rotatable bonds is 1. The summed E-state index contributed by atoms with van der Waals surface area (Å²) in [5, 5.41) is 7.17. The molecule has 0 radical (unpaired) electrons. The van der Waals surface area contributed by atoms with Gasteiger partial charge in [-0.2, -0.15) is 18.3 Å². The van der Waals surface area contributed by atoms with Gasteiger partial charge in [-0.25, -0.2) is 4.98 Å². The first-order valence-corrected chi connectivity index (χ1v) is 5.31. The molecule has 3 rings (SSSR count). The molecule has 3 aromatic rings. The predicted octanol–water partition coefficient (Wildman–Crippen LogP) is 2.55. The van der Waals surface area contributed by atoms with Crippen molar-refractivity contribution in [1.82, 2.24) is 20.2 Å². The number of hydrogen-bond donors (Lipinski definition) is 3. The molecule has 0 atom stereocenters. The summed E-state index contributed by atoms with van der Waals surface area (Å²) in [6.45, 7) is 0. The Hall–Kier alpha value is -2.51. The molecule has 0 aliphatic carbocycles. The van der Waals surface area contributed by atoms with Gasteiger partial charge in [-0.15, -0.1) is 0 Å². The molecule has 0 bridgehead atoms. The van der Waals surface area contributed by atoms with E-state index in [2.05, 4.69) is 20.2 Å². The second kappa shape index (κ2) is 3.74. The number of fused-ring (bicyclic) bond motifs is 1. The number of halogens is 3. The van der Waals surface area contributed by atoms with Gasteiger partial charge in [0.2, 0.25) is 0 Å². The monoisotopic (exact) mass is 267 g/mol. The van der Waals surface area contributed by atoms with Gasteiger partial charge in [-0.1, -0.05) is 0 Å². The largest absolute Gasteiger partial charge is 0.432 e. The highest BCUT2D eigenvalue weighted by atomic mass is 19.4. The Balaban J connectivity index is 2.08. The highest BCUT2D eigenvalue weighted by Crippen LogP contribution is 2.30. The topological polar surface area (TPSA) is 83.4 Å². The van der Waals surface area contributed by atoms with E-state index in [0.29, 0.717) is 22.3 Å². The molecule has 5 nitrogen and oxygen atoms in total. The Labute approximate surface area is 104 Å². The van der Waals surface area contributed by atoms with Crippen molar-refractivity contribution in [3.63, 3.8) is 0 Å². The van der Waals surface area contributed by atoms with E-state index in [9.17, 15) is 13.2 Å². The number of anilines is 1. The molecule has 0 saturated carbocycles. The number of alkyl halides is 3. The molecule has 0 saturated heterocycles. The fourth-order valence-corrected chi connectivity index (χ4v) is 1.79. The van der Waals surface area contributed by atoms with Crippen LogP contribution in [0.15, 0.2) is 24.4 Å². The van der Waals surface area contributed by atoms with E-state index in [1.54, 1.807) is 18.2 Å². The minimum absolute atomic E-state index is 0.134. The molecule has 4 N–H and O–H groups in total. The van der Waals surface area contributed by atoms with Crippen LogP contribution in [0.25, 0.3) is 22.3 Å². The smallest absolute Gasteiger partial charge is 0.382 e. The average molecular weight is 267 g/mol. The third-order valence-corrected chi connectivity index (χ3v) is 2.75. The van der Waals surface area contributed by atoms with Gasteiger partial charge < -0.3 is 10.7 Å². The summed E-state index contributed by atoms with van der Waals surface area (Å²) in [5.74, 6) is 0.425. The quantitative estimate of drug-likeness (QED) is 0.633. The fourth-order valence-electron chi connectivity index (χ4n) is 1.79. The third kappa shape index (κ3) is 1.90. The van der Waals surface area contributed by atoms with Crippen molar-refractivity contribution in [2.45, 2.75) is 6.18 Å². The van der Waals surface area contributed by atoms with Crippen molar-refractivity contribution in [2.24, 2.45) is 0 Å². The van der Waals surface area contributed by atoms with Gasteiger partial charge in [0.15, 0.2) is 5.82 Å². The van der Waals surface area contributed by atoms with Gasteiger partial charge >= 0.3 is 6.18 Å². The maximum Gasteiger partial charge on any atom is 0.432 e. The minimum Gasteiger partial charge on any atom is -0.382 e. The lowest BCUT2D eigenvalue weighted by Gasteiger charge is -2.01. The summed E-state index contributed by atoms with van der Waals surface area (Å²) in [5.41, 5.74) is 5.98. The Morgan fingerprint density at radius 1 is 1.21 bits per heavy atom. The molecular formula is C11H8F3N5. The summed E-state index contributed by atoms with van der Waals surface area (Å²) >= 11 is 0. The number of benzene rings is 1. The molecule has 0 amide bonds. The Bertz CT molecular complexity index is 740. The molecule has 0 aliphatic rings. The lowest BCUT2D eigenvalue weighted by Crippen LogP contribution is -2.04. The van der Waals surface area contributed by atoms with Crippen molar-refractivity contribution in [3.8, 4) is 11.4 Å². The normalized spacial score (nSPS) is 12.2. The summed E-state index contributed by atoms with van der Waals surface area (Å²) in [7, 11) is 0. The van der Waals surface area contributed by atoms with Gasteiger partial charge in [0.25, 0.3) is 0 Å². The molecule has 2 aromatic heterocycles. The van der Waals surface area contributed by atoms with Crippen molar-refractivity contribution < 1.29 is 13.2 Å². The van der Waals surface area contributed by atoms with Crippen LogP contribution >= 0.6 is 0 Å². The maximum atomic E-state index is 12.5. The number of hydrogen-bond acceptors (Lipinski definition) is 3. The molecule has 0 unspecified atom stereocenters. The Morgan fingerprint density at radius 2 is 2.00 bits per heavy atom. The van der Waals surface area contributed by atoms with E-state index in [1.165, 1.54) is 0 Å². The van der Waals surface area contributed by atoms with E-state index in [-0.39, 0.29) is 5.82 Å². The standard InChI is InChI=1S/C11H8F3N5/c12-11(13,14)8-4-16-10(17-8)5-1-2-7-6(3-5)9(15)19-18-7/h1-4H,(H,16,17)(H3,15,18,19). The number of imidazole rings is 1. The SMILES string of the molecule is Nc1n[nH]c2ccc(-c3ncc(C(F)(F)F)[nH]3)cc12. The highest BCUT2D eigenvalue weighted by Gasteiger charge is 2.33. The fraction of sp³-hybridized carbons (Fsp3) is 0.0909. The number of aromatic nitrogens is 4. The first kappa shape index (κ1) is 11.6.